The van der Waals surface area contributed by atoms with E-state index in [0.29, 0.717) is 17.1 Å². The zero-order chi connectivity index (χ0) is 31.4. The molecule has 0 bridgehead atoms. The van der Waals surface area contributed by atoms with Crippen molar-refractivity contribution in [1.29, 1.82) is 0 Å². The van der Waals surface area contributed by atoms with E-state index in [1.807, 2.05) is 0 Å². The minimum atomic E-state index is -3.01. The van der Waals surface area contributed by atoms with E-state index in [0.717, 1.165) is 0 Å². The Morgan fingerprint density at radius 3 is 2.29 bits per heavy atom. The first-order valence-electron chi connectivity index (χ1n) is 13.0. The fourth-order valence-electron chi connectivity index (χ4n) is 3.45. The highest BCUT2D eigenvalue weighted by Crippen LogP contribution is 2.38. The van der Waals surface area contributed by atoms with Gasteiger partial charge in [0.15, 0.2) is 41.5 Å². The van der Waals surface area contributed by atoms with Crippen LogP contribution in [0.25, 0.3) is 0 Å². The second-order valence-corrected chi connectivity index (χ2v) is 10.4. The van der Waals surface area contributed by atoms with E-state index in [2.05, 4.69) is 10.1 Å². The van der Waals surface area contributed by atoms with Gasteiger partial charge in [-0.25, -0.2) is 22.0 Å². The van der Waals surface area contributed by atoms with Crippen molar-refractivity contribution in [2.24, 2.45) is 5.92 Å². The van der Waals surface area contributed by atoms with E-state index in [4.69, 9.17) is 9.47 Å². The molecule has 1 amide bonds. The summed E-state index contributed by atoms with van der Waals surface area (Å²) in [5.74, 6) is -10.4. The number of allylic oxidation sites excluding steroid dienone is 2. The van der Waals surface area contributed by atoms with Crippen LogP contribution in [0.2, 0.25) is 0 Å². The molecule has 1 aliphatic rings. The standard InChI is InChI=1S/C26H33F5N2O8S/c1-14(2)15(34)5-12-42-16-13-18(36)33(26(16)38)7-3-17(35)32-6-9-40-11-10-39-8-4-19(37)41-25-23(30)21(28)20(27)22(29)24(25)31/h13-14,23,25,36,38H,3-12H2,1-2H3,(H,32,35). The molecule has 3 N–H and O–H groups in total. The first kappa shape index (κ1) is 35.1. The van der Waals surface area contributed by atoms with Crippen LogP contribution in [0.15, 0.2) is 34.3 Å². The van der Waals surface area contributed by atoms with E-state index < -0.39 is 48.0 Å². The number of carbonyl (C=O) groups is 3. The number of aromatic nitrogens is 1. The summed E-state index contributed by atoms with van der Waals surface area (Å²) in [5, 5.41) is 23.0. The molecule has 2 atom stereocenters. The number of amides is 1. The van der Waals surface area contributed by atoms with Crippen molar-refractivity contribution in [2.45, 2.75) is 56.8 Å². The smallest absolute Gasteiger partial charge is 0.308 e. The van der Waals surface area contributed by atoms with Crippen LogP contribution in [0.4, 0.5) is 22.0 Å². The molecule has 0 spiro atoms. The number of nitrogens with zero attached hydrogens (tertiary/aromatic N) is 1. The van der Waals surface area contributed by atoms with Gasteiger partial charge in [0.2, 0.25) is 11.8 Å². The molecule has 0 saturated carbocycles. The lowest BCUT2D eigenvalue weighted by Crippen LogP contribution is -2.33. The number of alkyl halides is 1. The average molecular weight is 629 g/mol. The van der Waals surface area contributed by atoms with Crippen LogP contribution < -0.4 is 5.32 Å². The van der Waals surface area contributed by atoms with Gasteiger partial charge in [-0.1, -0.05) is 13.8 Å². The molecule has 2 unspecified atom stereocenters. The zero-order valence-electron chi connectivity index (χ0n) is 23.0. The van der Waals surface area contributed by atoms with Crippen LogP contribution in [0, 0.1) is 5.92 Å². The fraction of sp³-hybridized carbons (Fsp3) is 0.577. The van der Waals surface area contributed by atoms with Crippen LogP contribution in [0.1, 0.15) is 33.1 Å². The lowest BCUT2D eigenvalue weighted by molar-refractivity contribution is -0.152. The van der Waals surface area contributed by atoms with Gasteiger partial charge in [0.05, 0.1) is 37.7 Å². The Kier molecular flexibility index (Phi) is 14.3. The molecule has 0 saturated heterocycles. The third-order valence-electron chi connectivity index (χ3n) is 5.84. The number of nitrogens with one attached hydrogen (secondary N) is 1. The van der Waals surface area contributed by atoms with Gasteiger partial charge in [-0.05, 0) is 0 Å². The molecule has 0 aromatic carbocycles. The Morgan fingerprint density at radius 1 is 0.976 bits per heavy atom. The molecule has 10 nitrogen and oxygen atoms in total. The molecule has 0 aliphatic heterocycles. The molecule has 16 heteroatoms. The maximum absolute atomic E-state index is 13.7. The van der Waals surface area contributed by atoms with E-state index in [-0.39, 0.29) is 75.3 Å². The van der Waals surface area contributed by atoms with Crippen molar-refractivity contribution in [3.63, 3.8) is 0 Å². The van der Waals surface area contributed by atoms with Gasteiger partial charge in [0.1, 0.15) is 5.78 Å². The molecular weight excluding hydrogens is 595 g/mol. The normalized spacial score (nSPS) is 17.2. The van der Waals surface area contributed by atoms with Crippen molar-refractivity contribution in [1.82, 2.24) is 9.88 Å². The van der Waals surface area contributed by atoms with Gasteiger partial charge in [0.25, 0.3) is 0 Å². The van der Waals surface area contributed by atoms with Gasteiger partial charge < -0.3 is 29.7 Å². The number of rotatable bonds is 18. The number of ketones is 1. The fourth-order valence-corrected chi connectivity index (χ4v) is 4.40. The summed E-state index contributed by atoms with van der Waals surface area (Å²) in [6.07, 6.45) is -5.79. The number of Topliss-reactive ketones (excluding diaryl/α,β-unsaturated/α-hetero) is 1. The predicted octanol–water partition coefficient (Wildman–Crippen LogP) is 4.10. The third-order valence-corrected chi connectivity index (χ3v) is 6.86. The van der Waals surface area contributed by atoms with E-state index in [1.54, 1.807) is 13.8 Å². The Hall–Kier alpha value is -3.11. The number of thioether (sulfide) groups is 1. The summed E-state index contributed by atoms with van der Waals surface area (Å²) in [7, 11) is 0. The highest BCUT2D eigenvalue weighted by molar-refractivity contribution is 7.99. The summed E-state index contributed by atoms with van der Waals surface area (Å²) in [5.41, 5.74) is 0. The van der Waals surface area contributed by atoms with Crippen molar-refractivity contribution in [2.75, 3.05) is 38.7 Å². The van der Waals surface area contributed by atoms with Crippen LogP contribution in [0.5, 0.6) is 11.8 Å². The quantitative estimate of drug-likeness (QED) is 0.0950. The van der Waals surface area contributed by atoms with Crippen molar-refractivity contribution < 1.29 is 60.8 Å². The maximum atomic E-state index is 13.7. The number of hydrogen-bond donors (Lipinski definition) is 3. The van der Waals surface area contributed by atoms with Crippen LogP contribution in [0.3, 0.4) is 0 Å². The van der Waals surface area contributed by atoms with Gasteiger partial charge in [0, 0.05) is 43.7 Å². The van der Waals surface area contributed by atoms with Crippen LogP contribution in [-0.4, -0.2) is 83.4 Å². The Bertz CT molecular complexity index is 1170. The van der Waals surface area contributed by atoms with Crippen molar-refractivity contribution >= 4 is 29.4 Å². The number of ether oxygens (including phenoxy) is 3. The third kappa shape index (κ3) is 10.3. The van der Waals surface area contributed by atoms with Crippen LogP contribution in [-0.2, 0) is 35.1 Å². The highest BCUT2D eigenvalue weighted by atomic mass is 32.2. The lowest BCUT2D eigenvalue weighted by atomic mass is 10.1. The molecule has 236 valence electrons. The maximum Gasteiger partial charge on any atom is 0.308 e. The molecule has 0 radical (unpaired) electrons. The Morgan fingerprint density at radius 2 is 1.62 bits per heavy atom. The van der Waals surface area contributed by atoms with Crippen molar-refractivity contribution in [3.05, 3.63) is 29.4 Å². The predicted molar refractivity (Wildman–Crippen MR) is 140 cm³/mol. The summed E-state index contributed by atoms with van der Waals surface area (Å²) in [6.45, 7) is 3.67. The molecular formula is C26H33F5N2O8S. The summed E-state index contributed by atoms with van der Waals surface area (Å²) >= 11 is 1.23. The molecule has 1 aliphatic carbocycles. The average Bonchev–Trinajstić information content (AvgIpc) is 3.22. The number of esters is 1. The second kappa shape index (κ2) is 17.1. The largest absolute Gasteiger partial charge is 0.494 e. The van der Waals surface area contributed by atoms with E-state index in [1.165, 1.54) is 22.4 Å². The number of aromatic hydroxyl groups is 2. The monoisotopic (exact) mass is 628 g/mol. The first-order valence-corrected chi connectivity index (χ1v) is 14.0. The number of carbonyl (C=O) groups excluding carboxylic acids is 3. The first-order chi connectivity index (χ1) is 19.8. The summed E-state index contributed by atoms with van der Waals surface area (Å²) in [4.78, 5) is 35.9. The minimum Gasteiger partial charge on any atom is -0.494 e. The topological polar surface area (TPSA) is 136 Å². The van der Waals surface area contributed by atoms with Crippen molar-refractivity contribution in [3.8, 4) is 11.8 Å². The lowest BCUT2D eigenvalue weighted by Gasteiger charge is -2.22. The Labute approximate surface area is 242 Å². The molecule has 1 aromatic heterocycles. The molecule has 42 heavy (non-hydrogen) atoms. The van der Waals surface area contributed by atoms with Gasteiger partial charge in [-0.3, -0.25) is 19.0 Å². The minimum absolute atomic E-state index is 0.0000190. The summed E-state index contributed by atoms with van der Waals surface area (Å²) in [6, 6.07) is 1.37. The highest BCUT2D eigenvalue weighted by Gasteiger charge is 2.42. The van der Waals surface area contributed by atoms with Crippen LogP contribution >= 0.6 is 11.8 Å². The molecule has 1 heterocycles. The van der Waals surface area contributed by atoms with Gasteiger partial charge in [-0.15, -0.1) is 11.8 Å². The second-order valence-electron chi connectivity index (χ2n) is 9.27. The summed E-state index contributed by atoms with van der Waals surface area (Å²) < 4.78 is 82.6. The van der Waals surface area contributed by atoms with E-state index in [9.17, 15) is 46.5 Å². The van der Waals surface area contributed by atoms with Gasteiger partial charge in [-0.2, -0.15) is 0 Å². The zero-order valence-corrected chi connectivity index (χ0v) is 23.8. The molecule has 0 fully saturated rings. The molecule has 2 rings (SSSR count). The molecule has 1 aromatic rings. The van der Waals surface area contributed by atoms with E-state index >= 15 is 0 Å². The van der Waals surface area contributed by atoms with Gasteiger partial charge >= 0.3 is 5.97 Å². The number of halogens is 5. The SMILES string of the molecule is CC(C)C(=O)CCSc1cc(O)n(CCC(=O)NCCOCCOCCC(=O)OC2C(F)=C(F)C(F)=C(F)C2F)c1O. The number of hydrogen-bond acceptors (Lipinski definition) is 9. The Balaban J connectivity index is 1.55.